The first-order chi connectivity index (χ1) is 7.45. The van der Waals surface area contributed by atoms with E-state index in [9.17, 15) is 0 Å². The van der Waals surface area contributed by atoms with Crippen molar-refractivity contribution >= 4 is 0 Å². The molecule has 3 heteroatoms. The zero-order valence-corrected chi connectivity index (χ0v) is 9.63. The van der Waals surface area contributed by atoms with Crippen LogP contribution in [0.5, 0.6) is 0 Å². The van der Waals surface area contributed by atoms with E-state index in [-0.39, 0.29) is 0 Å². The second-order valence-corrected chi connectivity index (χ2v) is 4.84. The third-order valence-electron chi connectivity index (χ3n) is 3.54. The summed E-state index contributed by atoms with van der Waals surface area (Å²) in [6, 6.07) is 0. The van der Waals surface area contributed by atoms with Crippen molar-refractivity contribution in [2.45, 2.75) is 38.2 Å². The average molecular weight is 212 g/mol. The van der Waals surface area contributed by atoms with Gasteiger partial charge < -0.3 is 15.4 Å². The summed E-state index contributed by atoms with van der Waals surface area (Å²) in [5, 5.41) is 6.94. The second-order valence-electron chi connectivity index (χ2n) is 4.84. The molecule has 0 amide bonds. The van der Waals surface area contributed by atoms with Gasteiger partial charge in [-0.1, -0.05) is 0 Å². The fraction of sp³-hybridized carbons (Fsp3) is 1.00. The van der Waals surface area contributed by atoms with Gasteiger partial charge in [0.25, 0.3) is 0 Å². The average Bonchev–Trinajstić information content (AvgIpc) is 2.79. The van der Waals surface area contributed by atoms with E-state index in [4.69, 9.17) is 4.74 Å². The summed E-state index contributed by atoms with van der Waals surface area (Å²) in [5.41, 5.74) is 0. The molecule has 0 saturated carbocycles. The van der Waals surface area contributed by atoms with Crippen LogP contribution in [-0.2, 0) is 4.74 Å². The largest absolute Gasteiger partial charge is 0.377 e. The van der Waals surface area contributed by atoms with Gasteiger partial charge in [-0.25, -0.2) is 0 Å². The lowest BCUT2D eigenvalue weighted by Crippen LogP contribution is -2.32. The minimum Gasteiger partial charge on any atom is -0.377 e. The van der Waals surface area contributed by atoms with Gasteiger partial charge in [-0.05, 0) is 57.7 Å². The maximum atomic E-state index is 5.68. The second kappa shape index (κ2) is 6.46. The lowest BCUT2D eigenvalue weighted by molar-refractivity contribution is 0.0169. The van der Waals surface area contributed by atoms with Gasteiger partial charge in [0.05, 0.1) is 6.10 Å². The van der Waals surface area contributed by atoms with E-state index in [1.807, 2.05) is 0 Å². The molecule has 88 valence electrons. The first-order valence-corrected chi connectivity index (χ1v) is 6.48. The van der Waals surface area contributed by atoms with E-state index in [0.717, 1.165) is 25.6 Å². The highest BCUT2D eigenvalue weighted by Crippen LogP contribution is 2.13. The molecule has 0 aromatic heterocycles. The fourth-order valence-electron chi connectivity index (χ4n) is 2.50. The summed E-state index contributed by atoms with van der Waals surface area (Å²) in [5.74, 6) is 0.907. The highest BCUT2D eigenvalue weighted by atomic mass is 16.5. The highest BCUT2D eigenvalue weighted by Gasteiger charge is 2.15. The van der Waals surface area contributed by atoms with Crippen LogP contribution >= 0.6 is 0 Å². The van der Waals surface area contributed by atoms with Crippen LogP contribution in [0.25, 0.3) is 0 Å². The van der Waals surface area contributed by atoms with Crippen molar-refractivity contribution in [3.63, 3.8) is 0 Å². The molecular formula is C12H24N2O. The van der Waals surface area contributed by atoms with Gasteiger partial charge in [0.2, 0.25) is 0 Å². The topological polar surface area (TPSA) is 33.3 Å². The van der Waals surface area contributed by atoms with Gasteiger partial charge in [-0.2, -0.15) is 0 Å². The van der Waals surface area contributed by atoms with Gasteiger partial charge in [0.1, 0.15) is 0 Å². The number of rotatable bonds is 5. The van der Waals surface area contributed by atoms with Crippen LogP contribution < -0.4 is 10.6 Å². The van der Waals surface area contributed by atoms with E-state index < -0.39 is 0 Å². The van der Waals surface area contributed by atoms with Crippen molar-refractivity contribution in [1.82, 2.24) is 10.6 Å². The van der Waals surface area contributed by atoms with Crippen molar-refractivity contribution in [2.75, 3.05) is 32.8 Å². The van der Waals surface area contributed by atoms with Gasteiger partial charge in [-0.3, -0.25) is 0 Å². The summed E-state index contributed by atoms with van der Waals surface area (Å²) in [7, 11) is 0. The quantitative estimate of drug-likeness (QED) is 0.671. The van der Waals surface area contributed by atoms with E-state index >= 15 is 0 Å². The molecule has 0 aromatic carbocycles. The smallest absolute Gasteiger partial charge is 0.0699 e. The van der Waals surface area contributed by atoms with Crippen LogP contribution in [0.15, 0.2) is 0 Å². The molecule has 0 aliphatic carbocycles. The number of ether oxygens (including phenoxy) is 1. The molecule has 2 unspecified atom stereocenters. The Labute approximate surface area is 93.0 Å². The van der Waals surface area contributed by atoms with E-state index in [1.54, 1.807) is 0 Å². The molecular weight excluding hydrogens is 188 g/mol. The zero-order chi connectivity index (χ0) is 10.3. The SMILES string of the molecule is C1CCC(CNCCC2CCNC2)OC1. The van der Waals surface area contributed by atoms with Gasteiger partial charge >= 0.3 is 0 Å². The maximum absolute atomic E-state index is 5.68. The molecule has 3 nitrogen and oxygen atoms in total. The van der Waals surface area contributed by atoms with Crippen molar-refractivity contribution in [3.8, 4) is 0 Å². The summed E-state index contributed by atoms with van der Waals surface area (Å²) in [4.78, 5) is 0. The lowest BCUT2D eigenvalue weighted by Gasteiger charge is -2.23. The molecule has 0 aromatic rings. The van der Waals surface area contributed by atoms with Crippen LogP contribution in [0.3, 0.4) is 0 Å². The Kier molecular flexibility index (Phi) is 4.90. The molecule has 0 bridgehead atoms. The van der Waals surface area contributed by atoms with Crippen LogP contribution in [0.2, 0.25) is 0 Å². The maximum Gasteiger partial charge on any atom is 0.0699 e. The Morgan fingerprint density at radius 3 is 3.00 bits per heavy atom. The standard InChI is InChI=1S/C12H24N2O/c1-2-8-15-12(3-1)10-14-7-5-11-4-6-13-9-11/h11-14H,1-10H2. The Balaban J connectivity index is 1.47. The van der Waals surface area contributed by atoms with Crippen molar-refractivity contribution in [1.29, 1.82) is 0 Å². The van der Waals surface area contributed by atoms with Crippen LogP contribution in [0.1, 0.15) is 32.1 Å². The number of hydrogen-bond acceptors (Lipinski definition) is 3. The molecule has 2 rings (SSSR count). The summed E-state index contributed by atoms with van der Waals surface area (Å²) in [6.07, 6.45) is 7.02. The van der Waals surface area contributed by atoms with Crippen LogP contribution in [-0.4, -0.2) is 38.9 Å². The lowest BCUT2D eigenvalue weighted by atomic mass is 10.1. The molecule has 0 radical (unpaired) electrons. The van der Waals surface area contributed by atoms with Crippen molar-refractivity contribution in [3.05, 3.63) is 0 Å². The summed E-state index contributed by atoms with van der Waals surface area (Å²) < 4.78 is 5.68. The molecule has 15 heavy (non-hydrogen) atoms. The predicted molar refractivity (Wildman–Crippen MR) is 62.1 cm³/mol. The molecule has 2 atom stereocenters. The highest BCUT2D eigenvalue weighted by molar-refractivity contribution is 4.72. The molecule has 2 saturated heterocycles. The van der Waals surface area contributed by atoms with Gasteiger partial charge in [0.15, 0.2) is 0 Å². The van der Waals surface area contributed by atoms with E-state index in [0.29, 0.717) is 6.10 Å². The van der Waals surface area contributed by atoms with Gasteiger partial charge in [0, 0.05) is 13.2 Å². The van der Waals surface area contributed by atoms with Crippen LogP contribution in [0, 0.1) is 5.92 Å². The minimum atomic E-state index is 0.487. The third-order valence-corrected chi connectivity index (χ3v) is 3.54. The molecule has 2 N–H and O–H groups in total. The van der Waals surface area contributed by atoms with E-state index in [1.165, 1.54) is 45.2 Å². The van der Waals surface area contributed by atoms with E-state index in [2.05, 4.69) is 10.6 Å². The molecule has 2 aliphatic rings. The van der Waals surface area contributed by atoms with Crippen molar-refractivity contribution < 1.29 is 4.74 Å². The number of hydrogen-bond donors (Lipinski definition) is 2. The Morgan fingerprint density at radius 1 is 1.27 bits per heavy atom. The zero-order valence-electron chi connectivity index (χ0n) is 9.63. The monoisotopic (exact) mass is 212 g/mol. The molecule has 0 spiro atoms. The normalized spacial score (nSPS) is 32.0. The summed E-state index contributed by atoms with van der Waals surface area (Å²) >= 11 is 0. The Morgan fingerprint density at radius 2 is 2.27 bits per heavy atom. The Bertz CT molecular complexity index is 163. The summed E-state index contributed by atoms with van der Waals surface area (Å²) in [6.45, 7) is 5.63. The first kappa shape index (κ1) is 11.4. The third kappa shape index (κ3) is 4.09. The molecule has 2 aliphatic heterocycles. The van der Waals surface area contributed by atoms with Gasteiger partial charge in [-0.15, -0.1) is 0 Å². The molecule has 2 fully saturated rings. The Hall–Kier alpha value is -0.120. The molecule has 2 heterocycles. The van der Waals surface area contributed by atoms with Crippen LogP contribution in [0.4, 0.5) is 0 Å². The fourth-order valence-corrected chi connectivity index (χ4v) is 2.50. The number of nitrogens with one attached hydrogen (secondary N) is 2. The first-order valence-electron chi connectivity index (χ1n) is 6.48. The minimum absolute atomic E-state index is 0.487. The predicted octanol–water partition coefficient (Wildman–Crippen LogP) is 1.14. The van der Waals surface area contributed by atoms with Crippen molar-refractivity contribution in [2.24, 2.45) is 5.92 Å².